The SMILES string of the molecule is Nc1cc2c(cc1S(=O)(=O)O)nc1c3cccc(S(=O)(=O)[O-])c3c(Nc3ccccc3)cc1[n+]2-c1ccccc1. The summed E-state index contributed by atoms with van der Waals surface area (Å²) in [6, 6.07) is 26.8. The van der Waals surface area contributed by atoms with Crippen molar-refractivity contribution in [3.8, 4) is 5.69 Å². The van der Waals surface area contributed by atoms with Gasteiger partial charge in [0.15, 0.2) is 0 Å². The number of fused-ring (bicyclic) bond motifs is 4. The summed E-state index contributed by atoms with van der Waals surface area (Å²) in [5.41, 5.74) is 8.97. The lowest BCUT2D eigenvalue weighted by Gasteiger charge is -2.17. The molecule has 0 unspecified atom stereocenters. The van der Waals surface area contributed by atoms with Crippen molar-refractivity contribution in [2.24, 2.45) is 0 Å². The standard InChI is InChI=1S/C28H20N4O6S2/c29-20-14-23-21(16-26(20)40(36,37)38)31-28-19-12-7-13-25(39(33,34)35)27(19)22(30-17-8-3-1-4-9-17)15-24(28)32(23)18-10-5-2-6-11-18/h1-16H,(H4,29,30,33,34,35,36,37,38). The Hall–Kier alpha value is -4.62. The first-order valence-electron chi connectivity index (χ1n) is 11.9. The fourth-order valence-electron chi connectivity index (χ4n) is 4.86. The van der Waals surface area contributed by atoms with Gasteiger partial charge in [0.05, 0.1) is 16.3 Å². The lowest BCUT2D eigenvalue weighted by atomic mass is 10.0. The molecule has 12 heteroatoms. The molecule has 0 amide bonds. The molecule has 6 aromatic rings. The number of para-hydroxylation sites is 2. The van der Waals surface area contributed by atoms with Gasteiger partial charge in [-0.2, -0.15) is 8.42 Å². The number of nitrogens with zero attached hydrogens (tertiary/aromatic N) is 2. The van der Waals surface area contributed by atoms with Gasteiger partial charge in [0.2, 0.25) is 16.7 Å². The molecular weight excluding hydrogens is 552 g/mol. The first-order chi connectivity index (χ1) is 19.0. The van der Waals surface area contributed by atoms with E-state index < -0.39 is 30.0 Å². The zero-order chi connectivity index (χ0) is 28.2. The molecule has 0 bridgehead atoms. The van der Waals surface area contributed by atoms with Crippen LogP contribution in [0.15, 0.2) is 107 Å². The molecule has 0 radical (unpaired) electrons. The van der Waals surface area contributed by atoms with Crippen LogP contribution in [0.25, 0.3) is 38.5 Å². The molecule has 40 heavy (non-hydrogen) atoms. The van der Waals surface area contributed by atoms with Crippen LogP contribution in [0.4, 0.5) is 17.1 Å². The molecule has 0 aliphatic rings. The maximum absolute atomic E-state index is 12.4. The van der Waals surface area contributed by atoms with Crippen LogP contribution in [0, 0.1) is 0 Å². The van der Waals surface area contributed by atoms with Crippen LogP contribution in [0.5, 0.6) is 0 Å². The maximum Gasteiger partial charge on any atom is 0.296 e. The molecule has 6 rings (SSSR count). The summed E-state index contributed by atoms with van der Waals surface area (Å²) in [6.07, 6.45) is 0. The van der Waals surface area contributed by atoms with Crippen molar-refractivity contribution in [1.82, 2.24) is 4.98 Å². The number of nitrogen functional groups attached to an aromatic ring is 1. The Labute approximate surface area is 228 Å². The van der Waals surface area contributed by atoms with E-state index in [2.05, 4.69) is 5.32 Å². The predicted molar refractivity (Wildman–Crippen MR) is 150 cm³/mol. The zero-order valence-electron chi connectivity index (χ0n) is 20.5. The third-order valence-corrected chi connectivity index (χ3v) is 8.30. The maximum atomic E-state index is 12.4. The molecular formula is C28H20N4O6S2. The Morgan fingerprint density at radius 2 is 1.48 bits per heavy atom. The Kier molecular flexibility index (Phi) is 5.93. The number of nitrogens with two attached hydrogens (primary N) is 1. The summed E-state index contributed by atoms with van der Waals surface area (Å²) >= 11 is 0. The second-order valence-electron chi connectivity index (χ2n) is 9.05. The predicted octanol–water partition coefficient (Wildman–Crippen LogP) is 4.29. The molecule has 0 fully saturated rings. The van der Waals surface area contributed by atoms with Gasteiger partial charge in [-0.05, 0) is 24.3 Å². The van der Waals surface area contributed by atoms with Gasteiger partial charge < -0.3 is 15.6 Å². The highest BCUT2D eigenvalue weighted by Gasteiger charge is 2.27. The van der Waals surface area contributed by atoms with Gasteiger partial charge in [0.1, 0.15) is 26.0 Å². The van der Waals surface area contributed by atoms with E-state index in [0.29, 0.717) is 39.0 Å². The summed E-state index contributed by atoms with van der Waals surface area (Å²) in [4.78, 5) is 3.75. The number of anilines is 3. The van der Waals surface area contributed by atoms with E-state index in [-0.39, 0.29) is 16.6 Å². The number of nitrogens with one attached hydrogen (secondary N) is 1. The number of benzene rings is 5. The number of aromatic nitrogens is 2. The van der Waals surface area contributed by atoms with E-state index in [9.17, 15) is 25.9 Å². The third kappa shape index (κ3) is 4.38. The third-order valence-electron chi connectivity index (χ3n) is 6.51. The highest BCUT2D eigenvalue weighted by atomic mass is 32.2. The van der Waals surface area contributed by atoms with Crippen LogP contribution in [0.2, 0.25) is 0 Å². The molecule has 4 N–H and O–H groups in total. The van der Waals surface area contributed by atoms with E-state index in [1.165, 1.54) is 18.2 Å². The van der Waals surface area contributed by atoms with Gasteiger partial charge >= 0.3 is 0 Å². The Morgan fingerprint density at radius 1 is 0.800 bits per heavy atom. The summed E-state index contributed by atoms with van der Waals surface area (Å²) in [5.74, 6) is 0. The molecule has 0 saturated carbocycles. The van der Waals surface area contributed by atoms with Gasteiger partial charge in [-0.15, -0.1) is 4.57 Å². The Bertz CT molecular complexity index is 2190. The van der Waals surface area contributed by atoms with Crippen molar-refractivity contribution >= 4 is 70.1 Å². The van der Waals surface area contributed by atoms with Crippen LogP contribution in [0.1, 0.15) is 0 Å². The summed E-state index contributed by atoms with van der Waals surface area (Å²) in [7, 11) is -9.57. The molecule has 200 valence electrons. The van der Waals surface area contributed by atoms with E-state index in [1.54, 1.807) is 28.8 Å². The second-order valence-corrected chi connectivity index (χ2v) is 11.8. The molecule has 0 aliphatic heterocycles. The van der Waals surface area contributed by atoms with Crippen molar-refractivity contribution in [3.05, 3.63) is 97.1 Å². The van der Waals surface area contributed by atoms with E-state index in [4.69, 9.17) is 10.7 Å². The molecule has 0 atom stereocenters. The minimum absolute atomic E-state index is 0.130. The lowest BCUT2D eigenvalue weighted by molar-refractivity contribution is -0.538. The fourth-order valence-corrected chi connectivity index (χ4v) is 6.20. The van der Waals surface area contributed by atoms with Crippen molar-refractivity contribution in [2.75, 3.05) is 11.1 Å². The Morgan fingerprint density at radius 3 is 2.12 bits per heavy atom. The van der Waals surface area contributed by atoms with Crippen molar-refractivity contribution in [2.45, 2.75) is 9.79 Å². The highest BCUT2D eigenvalue weighted by Crippen LogP contribution is 2.37. The van der Waals surface area contributed by atoms with Crippen molar-refractivity contribution in [3.63, 3.8) is 0 Å². The van der Waals surface area contributed by atoms with E-state index >= 15 is 0 Å². The van der Waals surface area contributed by atoms with Gasteiger partial charge in [-0.1, -0.05) is 48.5 Å². The quantitative estimate of drug-likeness (QED) is 0.0897. The largest absolute Gasteiger partial charge is 0.744 e. The second kappa shape index (κ2) is 9.24. The summed E-state index contributed by atoms with van der Waals surface area (Å²) in [5, 5.41) is 3.71. The minimum atomic E-state index is -4.90. The molecule has 0 aliphatic carbocycles. The number of hydrogen-bond donors (Lipinski definition) is 3. The van der Waals surface area contributed by atoms with Crippen LogP contribution >= 0.6 is 0 Å². The number of rotatable bonds is 5. The van der Waals surface area contributed by atoms with Gasteiger partial charge in [0, 0.05) is 40.7 Å². The monoisotopic (exact) mass is 572 g/mol. The van der Waals surface area contributed by atoms with Crippen LogP contribution < -0.4 is 15.6 Å². The summed E-state index contributed by atoms with van der Waals surface area (Å²) in [6.45, 7) is 0. The first-order valence-corrected chi connectivity index (χ1v) is 14.7. The zero-order valence-corrected chi connectivity index (χ0v) is 22.1. The van der Waals surface area contributed by atoms with Gasteiger partial charge in [0.25, 0.3) is 10.1 Å². The average Bonchev–Trinajstić information content (AvgIpc) is 2.91. The van der Waals surface area contributed by atoms with Crippen molar-refractivity contribution < 1.29 is 30.5 Å². The van der Waals surface area contributed by atoms with Crippen LogP contribution in [-0.4, -0.2) is 30.9 Å². The molecule has 10 nitrogen and oxygen atoms in total. The molecule has 0 spiro atoms. The lowest BCUT2D eigenvalue weighted by Crippen LogP contribution is -2.33. The first kappa shape index (κ1) is 25.6. The molecule has 0 saturated heterocycles. The molecule has 5 aromatic carbocycles. The highest BCUT2D eigenvalue weighted by molar-refractivity contribution is 7.86. The molecule has 1 heterocycles. The van der Waals surface area contributed by atoms with Crippen molar-refractivity contribution in [1.29, 1.82) is 0 Å². The van der Waals surface area contributed by atoms with Crippen LogP contribution in [-0.2, 0) is 20.2 Å². The van der Waals surface area contributed by atoms with Gasteiger partial charge in [-0.25, -0.2) is 13.4 Å². The number of hydrogen-bond acceptors (Lipinski definition) is 8. The van der Waals surface area contributed by atoms with E-state index in [1.807, 2.05) is 48.5 Å². The Balaban J connectivity index is 1.85. The smallest absolute Gasteiger partial charge is 0.296 e. The van der Waals surface area contributed by atoms with Gasteiger partial charge in [-0.3, -0.25) is 4.55 Å². The average molecular weight is 573 g/mol. The fraction of sp³-hybridized carbons (Fsp3) is 0. The summed E-state index contributed by atoms with van der Waals surface area (Å²) < 4.78 is 72.7. The minimum Gasteiger partial charge on any atom is -0.744 e. The van der Waals surface area contributed by atoms with Crippen LogP contribution in [0.3, 0.4) is 0 Å². The molecule has 1 aromatic heterocycles. The normalized spacial score (nSPS) is 12.2. The topological polar surface area (TPSA) is 166 Å². The van der Waals surface area contributed by atoms with E-state index in [0.717, 1.165) is 6.07 Å².